The van der Waals surface area contributed by atoms with Crippen LogP contribution in [0, 0.1) is 0 Å². The van der Waals surface area contributed by atoms with Crippen LogP contribution in [0.3, 0.4) is 0 Å². The average Bonchev–Trinajstić information content (AvgIpc) is 2.31. The highest BCUT2D eigenvalue weighted by atomic mass is 79.9. The molecule has 0 N–H and O–H groups in total. The molecule has 1 aromatic rings. The zero-order valence-electron chi connectivity index (χ0n) is 5.75. The van der Waals surface area contributed by atoms with Crippen LogP contribution in [-0.2, 0) is 11.3 Å². The molecule has 0 spiro atoms. The minimum Gasteiger partial charge on any atom is -0.383 e. The highest BCUT2D eigenvalue weighted by Gasteiger charge is 1.95. The molecule has 0 bridgehead atoms. The zero-order chi connectivity index (χ0) is 7.40. The van der Waals surface area contributed by atoms with Gasteiger partial charge in [0.2, 0.25) is 0 Å². The van der Waals surface area contributed by atoms with Gasteiger partial charge in [0.25, 0.3) is 0 Å². The quantitative estimate of drug-likeness (QED) is 0.743. The van der Waals surface area contributed by atoms with Crippen LogP contribution in [0.4, 0.5) is 0 Å². The van der Waals surface area contributed by atoms with Gasteiger partial charge in [0.1, 0.15) is 4.60 Å². The maximum atomic E-state index is 4.89. The van der Waals surface area contributed by atoms with Crippen molar-refractivity contribution in [1.29, 1.82) is 0 Å². The monoisotopic (exact) mass is 204 g/mol. The van der Waals surface area contributed by atoms with E-state index in [2.05, 4.69) is 21.0 Å². The molecular weight excluding hydrogens is 196 g/mol. The van der Waals surface area contributed by atoms with Crippen molar-refractivity contribution < 1.29 is 4.74 Å². The summed E-state index contributed by atoms with van der Waals surface area (Å²) in [5, 5.41) is 4.04. The fourth-order valence-electron chi connectivity index (χ4n) is 0.659. The maximum absolute atomic E-state index is 4.89. The smallest absolute Gasteiger partial charge is 0.104 e. The second-order valence-electron chi connectivity index (χ2n) is 1.87. The Balaban J connectivity index is 2.49. The van der Waals surface area contributed by atoms with Gasteiger partial charge < -0.3 is 4.74 Å². The zero-order valence-corrected chi connectivity index (χ0v) is 7.34. The Morgan fingerprint density at radius 3 is 3.10 bits per heavy atom. The molecule has 56 valence electrons. The van der Waals surface area contributed by atoms with Crippen molar-refractivity contribution in [2.75, 3.05) is 13.7 Å². The first-order chi connectivity index (χ1) is 4.84. The van der Waals surface area contributed by atoms with Crippen LogP contribution in [0.5, 0.6) is 0 Å². The Kier molecular flexibility index (Phi) is 2.89. The van der Waals surface area contributed by atoms with Crippen LogP contribution in [0.25, 0.3) is 0 Å². The lowest BCUT2D eigenvalue weighted by Crippen LogP contribution is -2.05. The first kappa shape index (κ1) is 7.75. The molecule has 0 aliphatic rings. The molecule has 0 saturated carbocycles. The van der Waals surface area contributed by atoms with Gasteiger partial charge in [0.15, 0.2) is 0 Å². The second-order valence-corrected chi connectivity index (χ2v) is 2.68. The summed E-state index contributed by atoms with van der Waals surface area (Å²) in [5.41, 5.74) is 0. The van der Waals surface area contributed by atoms with E-state index < -0.39 is 0 Å². The number of hydrogen-bond acceptors (Lipinski definition) is 2. The normalized spacial score (nSPS) is 10.2. The summed E-state index contributed by atoms with van der Waals surface area (Å²) in [6, 6.07) is 1.90. The molecule has 0 radical (unpaired) electrons. The van der Waals surface area contributed by atoms with Gasteiger partial charge in [-0.15, -0.1) is 0 Å². The molecule has 0 aliphatic heterocycles. The number of hydrogen-bond donors (Lipinski definition) is 0. The Bertz CT molecular complexity index is 199. The van der Waals surface area contributed by atoms with Crippen molar-refractivity contribution in [3.05, 3.63) is 16.9 Å². The Morgan fingerprint density at radius 1 is 1.80 bits per heavy atom. The molecule has 10 heavy (non-hydrogen) atoms. The van der Waals surface area contributed by atoms with Gasteiger partial charge in [0.05, 0.1) is 19.3 Å². The summed E-state index contributed by atoms with van der Waals surface area (Å²) in [5.74, 6) is 0. The fraction of sp³-hybridized carbons (Fsp3) is 0.500. The van der Waals surface area contributed by atoms with Gasteiger partial charge in [-0.2, -0.15) is 5.10 Å². The van der Waals surface area contributed by atoms with Crippen molar-refractivity contribution in [1.82, 2.24) is 9.78 Å². The molecule has 0 amide bonds. The molecule has 0 unspecified atom stereocenters. The number of nitrogens with zero attached hydrogens (tertiary/aromatic N) is 2. The topological polar surface area (TPSA) is 27.1 Å². The van der Waals surface area contributed by atoms with Crippen molar-refractivity contribution in [3.8, 4) is 0 Å². The third kappa shape index (κ3) is 1.82. The van der Waals surface area contributed by atoms with Crippen molar-refractivity contribution in [2.45, 2.75) is 6.54 Å². The molecule has 4 heteroatoms. The average molecular weight is 205 g/mol. The van der Waals surface area contributed by atoms with Crippen LogP contribution in [-0.4, -0.2) is 23.5 Å². The highest BCUT2D eigenvalue weighted by molar-refractivity contribution is 9.10. The van der Waals surface area contributed by atoms with Gasteiger partial charge in [0, 0.05) is 7.11 Å². The van der Waals surface area contributed by atoms with E-state index in [1.807, 2.05) is 10.7 Å². The van der Waals surface area contributed by atoms with Crippen LogP contribution < -0.4 is 0 Å². The van der Waals surface area contributed by atoms with Crippen LogP contribution in [0.1, 0.15) is 0 Å². The Morgan fingerprint density at radius 2 is 2.60 bits per heavy atom. The van der Waals surface area contributed by atoms with Gasteiger partial charge in [-0.25, -0.2) is 0 Å². The highest BCUT2D eigenvalue weighted by Crippen LogP contribution is 2.06. The number of aromatic nitrogens is 2. The summed E-state index contributed by atoms with van der Waals surface area (Å²) in [6.07, 6.45) is 1.75. The van der Waals surface area contributed by atoms with Crippen molar-refractivity contribution >= 4 is 15.9 Å². The molecule has 0 fully saturated rings. The van der Waals surface area contributed by atoms with Gasteiger partial charge in [-0.05, 0) is 22.0 Å². The molecule has 0 saturated heterocycles. The van der Waals surface area contributed by atoms with E-state index in [1.165, 1.54) is 0 Å². The summed E-state index contributed by atoms with van der Waals surface area (Å²) >= 11 is 3.34. The van der Waals surface area contributed by atoms with Crippen LogP contribution >= 0.6 is 15.9 Å². The summed E-state index contributed by atoms with van der Waals surface area (Å²) in [4.78, 5) is 0. The number of methoxy groups -OCH3 is 1. The minimum atomic E-state index is 0.695. The molecule has 0 aliphatic carbocycles. The molecule has 0 atom stereocenters. The lowest BCUT2D eigenvalue weighted by atomic mass is 10.7. The molecule has 0 aromatic carbocycles. The lowest BCUT2D eigenvalue weighted by molar-refractivity contribution is 0.183. The predicted molar refractivity (Wildman–Crippen MR) is 41.8 cm³/mol. The third-order valence-corrected chi connectivity index (χ3v) is 1.85. The standard InChI is InChI=1S/C6H9BrN2O/c1-10-5-4-9-6(7)2-3-8-9/h2-3H,4-5H2,1H3. The van der Waals surface area contributed by atoms with Gasteiger partial charge in [-0.3, -0.25) is 4.68 Å². The predicted octanol–water partition coefficient (Wildman–Crippen LogP) is 1.29. The Labute approximate surface area is 68.1 Å². The number of halogens is 1. The first-order valence-corrected chi connectivity index (χ1v) is 3.80. The molecule has 1 aromatic heterocycles. The molecule has 3 nitrogen and oxygen atoms in total. The van der Waals surface area contributed by atoms with E-state index in [4.69, 9.17) is 4.74 Å². The van der Waals surface area contributed by atoms with E-state index in [0.717, 1.165) is 11.1 Å². The SMILES string of the molecule is COCCn1nccc1Br. The van der Waals surface area contributed by atoms with E-state index in [9.17, 15) is 0 Å². The minimum absolute atomic E-state index is 0.695. The summed E-state index contributed by atoms with van der Waals surface area (Å²) in [6.45, 7) is 1.49. The van der Waals surface area contributed by atoms with E-state index in [-0.39, 0.29) is 0 Å². The van der Waals surface area contributed by atoms with E-state index in [0.29, 0.717) is 6.61 Å². The number of rotatable bonds is 3. The number of ether oxygens (including phenoxy) is 1. The summed E-state index contributed by atoms with van der Waals surface area (Å²) in [7, 11) is 1.68. The van der Waals surface area contributed by atoms with Crippen LogP contribution in [0.2, 0.25) is 0 Å². The Hall–Kier alpha value is -0.350. The molecule has 1 heterocycles. The lowest BCUT2D eigenvalue weighted by Gasteiger charge is -2.00. The van der Waals surface area contributed by atoms with Gasteiger partial charge in [-0.1, -0.05) is 0 Å². The maximum Gasteiger partial charge on any atom is 0.104 e. The van der Waals surface area contributed by atoms with E-state index >= 15 is 0 Å². The molecule has 1 rings (SSSR count). The van der Waals surface area contributed by atoms with Crippen molar-refractivity contribution in [3.63, 3.8) is 0 Å². The second kappa shape index (κ2) is 3.73. The first-order valence-electron chi connectivity index (χ1n) is 3.01. The molecular formula is C6H9BrN2O. The van der Waals surface area contributed by atoms with Crippen molar-refractivity contribution in [2.24, 2.45) is 0 Å². The fourth-order valence-corrected chi connectivity index (χ4v) is 1.05. The summed E-state index contributed by atoms with van der Waals surface area (Å²) < 4.78 is 7.72. The van der Waals surface area contributed by atoms with E-state index in [1.54, 1.807) is 13.3 Å². The largest absolute Gasteiger partial charge is 0.383 e. The van der Waals surface area contributed by atoms with Gasteiger partial charge >= 0.3 is 0 Å². The third-order valence-electron chi connectivity index (χ3n) is 1.17. The van der Waals surface area contributed by atoms with Crippen LogP contribution in [0.15, 0.2) is 16.9 Å².